The topological polar surface area (TPSA) is 95.9 Å². The average Bonchev–Trinajstić information content (AvgIpc) is 3.15. The zero-order valence-electron chi connectivity index (χ0n) is 19.7. The molecule has 0 bridgehead atoms. The lowest BCUT2D eigenvalue weighted by Crippen LogP contribution is -2.51. The molecular weight excluding hydrogens is 432 g/mol. The average molecular weight is 465 g/mol. The third kappa shape index (κ3) is 4.93. The second-order valence-electron chi connectivity index (χ2n) is 9.36. The number of alkyl carbamates (subject to hydrolysis) is 1. The standard InChI is InChI=1S/C27H32N2O5/c1-3-18(14-25(30)29-15-17(2)12-13-24(29)26(31)32)28-27(33)34-16-23-21-10-6-4-8-19(21)20-9-5-7-11-22(20)23/h4-11,17-18,23-24H,3,12-16H2,1-2H3,(H,28,33)(H,31,32)/t17?,18-,24?/m1/s1. The number of benzene rings is 2. The normalized spacial score (nSPS) is 20.2. The Morgan fingerprint density at radius 1 is 1.06 bits per heavy atom. The van der Waals surface area contributed by atoms with Gasteiger partial charge in [-0.15, -0.1) is 0 Å². The molecule has 7 nitrogen and oxygen atoms in total. The van der Waals surface area contributed by atoms with E-state index in [0.29, 0.717) is 19.4 Å². The van der Waals surface area contributed by atoms with Crippen molar-refractivity contribution >= 4 is 18.0 Å². The molecule has 2 aromatic carbocycles. The maximum absolute atomic E-state index is 12.9. The summed E-state index contributed by atoms with van der Waals surface area (Å²) >= 11 is 0. The van der Waals surface area contributed by atoms with Gasteiger partial charge in [-0.2, -0.15) is 0 Å². The van der Waals surface area contributed by atoms with Crippen LogP contribution in [0.25, 0.3) is 11.1 Å². The molecule has 1 saturated heterocycles. The number of hydrogen-bond donors (Lipinski definition) is 2. The first-order chi connectivity index (χ1) is 16.4. The van der Waals surface area contributed by atoms with Gasteiger partial charge in [0.25, 0.3) is 0 Å². The Hall–Kier alpha value is -3.35. The number of ether oxygens (including phenoxy) is 1. The molecule has 180 valence electrons. The third-order valence-corrected chi connectivity index (χ3v) is 7.00. The molecule has 3 atom stereocenters. The fraction of sp³-hybridized carbons (Fsp3) is 0.444. The van der Waals surface area contributed by atoms with E-state index in [4.69, 9.17) is 4.74 Å². The van der Waals surface area contributed by atoms with Crippen molar-refractivity contribution in [3.63, 3.8) is 0 Å². The van der Waals surface area contributed by atoms with E-state index in [9.17, 15) is 19.5 Å². The van der Waals surface area contributed by atoms with Crippen molar-refractivity contribution in [3.05, 3.63) is 59.7 Å². The number of likely N-dealkylation sites (tertiary alicyclic amines) is 1. The molecule has 4 rings (SSSR count). The molecule has 2 unspecified atom stereocenters. The molecule has 2 N–H and O–H groups in total. The van der Waals surface area contributed by atoms with Crippen LogP contribution in [-0.4, -0.2) is 53.2 Å². The maximum Gasteiger partial charge on any atom is 0.407 e. The van der Waals surface area contributed by atoms with Gasteiger partial charge in [-0.25, -0.2) is 9.59 Å². The number of rotatable bonds is 7. The minimum atomic E-state index is -0.974. The molecule has 0 spiro atoms. The lowest BCUT2D eigenvalue weighted by molar-refractivity contribution is -0.153. The first kappa shape index (κ1) is 23.8. The first-order valence-corrected chi connectivity index (χ1v) is 12.0. The van der Waals surface area contributed by atoms with Crippen molar-refractivity contribution < 1.29 is 24.2 Å². The van der Waals surface area contributed by atoms with Gasteiger partial charge in [-0.1, -0.05) is 62.4 Å². The smallest absolute Gasteiger partial charge is 0.407 e. The highest BCUT2D eigenvalue weighted by atomic mass is 16.5. The van der Waals surface area contributed by atoms with Crippen LogP contribution < -0.4 is 5.32 Å². The molecule has 0 aromatic heterocycles. The highest BCUT2D eigenvalue weighted by molar-refractivity contribution is 5.84. The van der Waals surface area contributed by atoms with Gasteiger partial charge < -0.3 is 20.1 Å². The minimum absolute atomic E-state index is 0.0361. The van der Waals surface area contributed by atoms with Crippen molar-refractivity contribution in [2.24, 2.45) is 5.92 Å². The first-order valence-electron chi connectivity index (χ1n) is 12.0. The van der Waals surface area contributed by atoms with Crippen LogP contribution in [0.3, 0.4) is 0 Å². The molecule has 1 aliphatic heterocycles. The van der Waals surface area contributed by atoms with Crippen LogP contribution in [0, 0.1) is 5.92 Å². The highest BCUT2D eigenvalue weighted by Gasteiger charge is 2.35. The van der Waals surface area contributed by atoms with Gasteiger partial charge in [-0.3, -0.25) is 4.79 Å². The van der Waals surface area contributed by atoms with Crippen LogP contribution in [0.1, 0.15) is 56.6 Å². The number of carboxylic acid groups (broad SMARTS) is 1. The van der Waals surface area contributed by atoms with Gasteiger partial charge in [0.05, 0.1) is 0 Å². The molecule has 7 heteroatoms. The number of nitrogens with one attached hydrogen (secondary N) is 1. The molecule has 0 radical (unpaired) electrons. The Labute approximate surface area is 200 Å². The van der Waals surface area contributed by atoms with E-state index in [1.165, 1.54) is 4.90 Å². The number of nitrogens with zero attached hydrogens (tertiary/aromatic N) is 1. The quantitative estimate of drug-likeness (QED) is 0.633. The zero-order chi connectivity index (χ0) is 24.2. The summed E-state index contributed by atoms with van der Waals surface area (Å²) in [6.45, 7) is 4.53. The number of carboxylic acids is 1. The lowest BCUT2D eigenvalue weighted by Gasteiger charge is -2.37. The minimum Gasteiger partial charge on any atom is -0.480 e. The van der Waals surface area contributed by atoms with Crippen molar-refractivity contribution in [1.29, 1.82) is 0 Å². The summed E-state index contributed by atoms with van der Waals surface area (Å²) in [5, 5.41) is 12.3. The molecule has 2 aliphatic rings. The largest absolute Gasteiger partial charge is 0.480 e. The Morgan fingerprint density at radius 3 is 2.26 bits per heavy atom. The lowest BCUT2D eigenvalue weighted by atomic mass is 9.93. The molecule has 0 saturated carbocycles. The number of amides is 2. The number of aliphatic carboxylic acids is 1. The Bertz CT molecular complexity index is 1020. The second-order valence-corrected chi connectivity index (χ2v) is 9.36. The van der Waals surface area contributed by atoms with Gasteiger partial charge in [0.2, 0.25) is 5.91 Å². The highest BCUT2D eigenvalue weighted by Crippen LogP contribution is 2.44. The number of fused-ring (bicyclic) bond motifs is 3. The summed E-state index contributed by atoms with van der Waals surface area (Å²) in [4.78, 5) is 38.6. The van der Waals surface area contributed by atoms with Crippen molar-refractivity contribution in [2.45, 2.75) is 57.5 Å². The summed E-state index contributed by atoms with van der Waals surface area (Å²) in [6.07, 6.45) is 1.27. The summed E-state index contributed by atoms with van der Waals surface area (Å²) in [5.74, 6) is -0.997. The van der Waals surface area contributed by atoms with E-state index in [1.54, 1.807) is 0 Å². The van der Waals surface area contributed by atoms with Gasteiger partial charge >= 0.3 is 12.1 Å². The van der Waals surface area contributed by atoms with Crippen molar-refractivity contribution in [1.82, 2.24) is 10.2 Å². The number of carbonyl (C=O) groups is 3. The predicted molar refractivity (Wildman–Crippen MR) is 128 cm³/mol. The third-order valence-electron chi connectivity index (χ3n) is 7.00. The number of hydrogen-bond acceptors (Lipinski definition) is 4. The molecule has 1 aliphatic carbocycles. The predicted octanol–water partition coefficient (Wildman–Crippen LogP) is 4.41. The Kier molecular flexibility index (Phi) is 7.20. The summed E-state index contributed by atoms with van der Waals surface area (Å²) in [7, 11) is 0. The van der Waals surface area contributed by atoms with E-state index in [2.05, 4.69) is 29.6 Å². The fourth-order valence-electron chi connectivity index (χ4n) is 5.12. The van der Waals surface area contributed by atoms with E-state index >= 15 is 0 Å². The SMILES string of the molecule is CC[C@H](CC(=O)N1CC(C)CCC1C(=O)O)NC(=O)OCC1c2ccccc2-c2ccccc21. The maximum atomic E-state index is 12.9. The van der Waals surface area contributed by atoms with Crippen LogP contribution in [0.15, 0.2) is 48.5 Å². The second kappa shape index (κ2) is 10.3. The molecule has 2 aromatic rings. The zero-order valence-corrected chi connectivity index (χ0v) is 19.7. The van der Waals surface area contributed by atoms with Crippen LogP contribution in [0.5, 0.6) is 0 Å². The van der Waals surface area contributed by atoms with Gasteiger partial charge in [0, 0.05) is 24.9 Å². The van der Waals surface area contributed by atoms with Crippen LogP contribution >= 0.6 is 0 Å². The van der Waals surface area contributed by atoms with E-state index in [1.807, 2.05) is 38.1 Å². The number of piperidine rings is 1. The summed E-state index contributed by atoms with van der Waals surface area (Å²) < 4.78 is 5.61. The molecule has 1 fully saturated rings. The van der Waals surface area contributed by atoms with Gasteiger partial charge in [0.15, 0.2) is 0 Å². The molecule has 2 amide bonds. The van der Waals surface area contributed by atoms with E-state index in [0.717, 1.165) is 28.7 Å². The van der Waals surface area contributed by atoms with E-state index < -0.39 is 24.1 Å². The Balaban J connectivity index is 1.36. The molecular formula is C27H32N2O5. The van der Waals surface area contributed by atoms with Gasteiger partial charge in [-0.05, 0) is 47.4 Å². The summed E-state index contributed by atoms with van der Waals surface area (Å²) in [5.41, 5.74) is 4.59. The van der Waals surface area contributed by atoms with Crippen molar-refractivity contribution in [3.8, 4) is 11.1 Å². The number of carbonyl (C=O) groups excluding carboxylic acids is 2. The van der Waals surface area contributed by atoms with Crippen LogP contribution in [0.4, 0.5) is 4.79 Å². The van der Waals surface area contributed by atoms with E-state index in [-0.39, 0.29) is 30.8 Å². The summed E-state index contributed by atoms with van der Waals surface area (Å²) in [6, 6.07) is 15.1. The molecule has 34 heavy (non-hydrogen) atoms. The Morgan fingerprint density at radius 2 is 1.68 bits per heavy atom. The van der Waals surface area contributed by atoms with Crippen LogP contribution in [0.2, 0.25) is 0 Å². The fourth-order valence-corrected chi connectivity index (χ4v) is 5.12. The van der Waals surface area contributed by atoms with Gasteiger partial charge in [0.1, 0.15) is 12.6 Å². The van der Waals surface area contributed by atoms with Crippen LogP contribution in [-0.2, 0) is 14.3 Å². The molecule has 1 heterocycles. The monoisotopic (exact) mass is 464 g/mol. The van der Waals surface area contributed by atoms with Crippen molar-refractivity contribution in [2.75, 3.05) is 13.2 Å².